The molecule has 0 radical (unpaired) electrons. The average molecular weight is 367 g/mol. The van der Waals surface area contributed by atoms with E-state index in [0.717, 1.165) is 30.1 Å². The molecule has 140 valence electrons. The van der Waals surface area contributed by atoms with Crippen LogP contribution in [0.15, 0.2) is 28.8 Å². The van der Waals surface area contributed by atoms with Crippen molar-refractivity contribution in [1.29, 1.82) is 0 Å². The smallest absolute Gasteiger partial charge is 0.321 e. The second-order valence-corrected chi connectivity index (χ2v) is 6.75. The highest BCUT2D eigenvalue weighted by Crippen LogP contribution is 2.38. The number of hydrogen-bond acceptors (Lipinski definition) is 6. The molecule has 1 saturated carbocycles. The van der Waals surface area contributed by atoms with Crippen LogP contribution >= 0.6 is 0 Å². The summed E-state index contributed by atoms with van der Waals surface area (Å²) in [5.74, 6) is 3.19. The second kappa shape index (κ2) is 7.18. The van der Waals surface area contributed by atoms with Gasteiger partial charge < -0.3 is 14.7 Å². The monoisotopic (exact) mass is 367 g/mol. The van der Waals surface area contributed by atoms with Crippen molar-refractivity contribution in [2.75, 3.05) is 18.9 Å². The fourth-order valence-electron chi connectivity index (χ4n) is 2.63. The van der Waals surface area contributed by atoms with Crippen molar-refractivity contribution in [3.63, 3.8) is 0 Å². The van der Waals surface area contributed by atoms with Gasteiger partial charge in [0.05, 0.1) is 0 Å². The van der Waals surface area contributed by atoms with Gasteiger partial charge in [0.15, 0.2) is 11.6 Å². The molecule has 3 aromatic rings. The van der Waals surface area contributed by atoms with E-state index >= 15 is 0 Å². The van der Waals surface area contributed by atoms with Crippen molar-refractivity contribution in [3.05, 3.63) is 41.8 Å². The van der Waals surface area contributed by atoms with Gasteiger partial charge in [-0.3, -0.25) is 5.10 Å². The third-order valence-electron chi connectivity index (χ3n) is 4.42. The number of urea groups is 1. The van der Waals surface area contributed by atoms with Gasteiger partial charge in [-0.2, -0.15) is 10.1 Å². The number of carbonyl (C=O) groups is 1. The topological polar surface area (TPSA) is 113 Å². The van der Waals surface area contributed by atoms with Crippen molar-refractivity contribution in [2.24, 2.45) is 0 Å². The predicted octanol–water partition coefficient (Wildman–Crippen LogP) is 2.75. The molecule has 1 aromatic carbocycles. The lowest BCUT2D eigenvalue weighted by molar-refractivity contribution is 0.222. The summed E-state index contributed by atoms with van der Waals surface area (Å²) in [7, 11) is 1.74. The number of benzene rings is 1. The van der Waals surface area contributed by atoms with Crippen molar-refractivity contribution in [1.82, 2.24) is 30.2 Å². The van der Waals surface area contributed by atoms with Crippen LogP contribution in [0.5, 0.6) is 0 Å². The van der Waals surface area contributed by atoms with Crippen LogP contribution in [-0.4, -0.2) is 49.8 Å². The number of rotatable bonds is 6. The average Bonchev–Trinajstić information content (AvgIpc) is 3.25. The number of amides is 2. The lowest BCUT2D eigenvalue weighted by atomic mass is 10.2. The van der Waals surface area contributed by atoms with Gasteiger partial charge in [0, 0.05) is 37.2 Å². The maximum atomic E-state index is 12.3. The molecular weight excluding hydrogens is 346 g/mol. The van der Waals surface area contributed by atoms with E-state index in [-0.39, 0.29) is 6.03 Å². The molecule has 1 aliphatic carbocycles. The first kappa shape index (κ1) is 17.2. The van der Waals surface area contributed by atoms with E-state index < -0.39 is 0 Å². The molecular formula is C18H21N7O2. The molecule has 2 N–H and O–H groups in total. The number of nitrogens with one attached hydrogen (secondary N) is 2. The highest BCUT2D eigenvalue weighted by Gasteiger charge is 2.29. The Morgan fingerprint density at radius 1 is 1.30 bits per heavy atom. The molecule has 2 heterocycles. The van der Waals surface area contributed by atoms with E-state index in [9.17, 15) is 4.79 Å². The molecule has 0 aliphatic heterocycles. The zero-order valence-corrected chi connectivity index (χ0v) is 15.3. The van der Waals surface area contributed by atoms with Gasteiger partial charge >= 0.3 is 6.03 Å². The summed E-state index contributed by atoms with van der Waals surface area (Å²) in [5, 5.41) is 13.8. The Kier molecular flexibility index (Phi) is 4.57. The SMILES string of the molecule is Cc1nc(-c2ccc(NC(=O)N(C)CCc3noc(C4CC4)n3)cc2)n[nH]1. The minimum absolute atomic E-state index is 0.192. The highest BCUT2D eigenvalue weighted by atomic mass is 16.5. The van der Waals surface area contributed by atoms with E-state index in [2.05, 4.69) is 30.6 Å². The predicted molar refractivity (Wildman–Crippen MR) is 98.2 cm³/mol. The molecule has 27 heavy (non-hydrogen) atoms. The van der Waals surface area contributed by atoms with Gasteiger partial charge in [-0.15, -0.1) is 0 Å². The summed E-state index contributed by atoms with van der Waals surface area (Å²) in [4.78, 5) is 22.6. The van der Waals surface area contributed by atoms with Crippen LogP contribution in [0.1, 0.15) is 36.3 Å². The van der Waals surface area contributed by atoms with Crippen LogP contribution in [0.25, 0.3) is 11.4 Å². The maximum absolute atomic E-state index is 12.3. The minimum atomic E-state index is -0.192. The highest BCUT2D eigenvalue weighted by molar-refractivity contribution is 5.89. The molecule has 0 saturated heterocycles. The first-order valence-corrected chi connectivity index (χ1v) is 8.92. The number of aryl methyl sites for hydroxylation is 1. The maximum Gasteiger partial charge on any atom is 0.321 e. The largest absolute Gasteiger partial charge is 0.339 e. The van der Waals surface area contributed by atoms with E-state index in [4.69, 9.17) is 4.52 Å². The number of aromatic amines is 1. The van der Waals surface area contributed by atoms with Crippen LogP contribution in [0, 0.1) is 6.92 Å². The van der Waals surface area contributed by atoms with E-state index in [0.29, 0.717) is 36.2 Å². The Hall–Kier alpha value is -3.23. The molecule has 1 aliphatic rings. The summed E-state index contributed by atoms with van der Waals surface area (Å²) in [6, 6.07) is 7.21. The molecule has 0 atom stereocenters. The van der Waals surface area contributed by atoms with Crippen molar-refractivity contribution in [3.8, 4) is 11.4 Å². The standard InChI is InChI=1S/C18H21N7O2/c1-11-19-16(23-22-11)12-5-7-14(8-6-12)20-18(26)25(2)10-9-15-21-17(27-24-15)13-3-4-13/h5-8,13H,3-4,9-10H2,1-2H3,(H,20,26)(H,19,22,23). The molecule has 0 spiro atoms. The van der Waals surface area contributed by atoms with E-state index in [1.165, 1.54) is 0 Å². The van der Waals surface area contributed by atoms with Gasteiger partial charge in [-0.25, -0.2) is 9.78 Å². The van der Waals surface area contributed by atoms with Gasteiger partial charge in [0.1, 0.15) is 5.82 Å². The summed E-state index contributed by atoms with van der Waals surface area (Å²) in [6.07, 6.45) is 2.81. The Morgan fingerprint density at radius 2 is 2.07 bits per heavy atom. The summed E-state index contributed by atoms with van der Waals surface area (Å²) >= 11 is 0. The third-order valence-corrected chi connectivity index (χ3v) is 4.42. The first-order valence-electron chi connectivity index (χ1n) is 8.92. The van der Waals surface area contributed by atoms with Crippen molar-refractivity contribution >= 4 is 11.7 Å². The number of likely N-dealkylation sites (N-methyl/N-ethyl adjacent to an activating group) is 1. The molecule has 2 aromatic heterocycles. The normalized spacial score (nSPS) is 13.6. The number of hydrogen-bond donors (Lipinski definition) is 2. The molecule has 9 nitrogen and oxygen atoms in total. The minimum Gasteiger partial charge on any atom is -0.339 e. The fraction of sp³-hybridized carbons (Fsp3) is 0.389. The van der Waals surface area contributed by atoms with Gasteiger partial charge in [-0.05, 0) is 44.0 Å². The van der Waals surface area contributed by atoms with Gasteiger partial charge in [0.25, 0.3) is 0 Å². The van der Waals surface area contributed by atoms with E-state index in [1.54, 1.807) is 11.9 Å². The fourth-order valence-corrected chi connectivity index (χ4v) is 2.63. The number of nitrogens with zero attached hydrogens (tertiary/aromatic N) is 5. The van der Waals surface area contributed by atoms with Crippen LogP contribution in [0.3, 0.4) is 0 Å². The quantitative estimate of drug-likeness (QED) is 0.693. The van der Waals surface area contributed by atoms with Crippen molar-refractivity contribution in [2.45, 2.75) is 32.1 Å². The Bertz CT molecular complexity index is 927. The molecule has 4 rings (SSSR count). The molecule has 0 unspecified atom stereocenters. The number of carbonyl (C=O) groups excluding carboxylic acids is 1. The first-order chi connectivity index (χ1) is 13.1. The van der Waals surface area contributed by atoms with Crippen LogP contribution < -0.4 is 5.32 Å². The van der Waals surface area contributed by atoms with E-state index in [1.807, 2.05) is 31.2 Å². The lowest BCUT2D eigenvalue weighted by Gasteiger charge is -2.17. The third kappa shape index (κ3) is 4.13. The molecule has 0 bridgehead atoms. The number of anilines is 1. The Labute approximate surface area is 156 Å². The zero-order chi connectivity index (χ0) is 18.8. The van der Waals surface area contributed by atoms with Crippen LogP contribution in [0.4, 0.5) is 10.5 Å². The summed E-state index contributed by atoms with van der Waals surface area (Å²) in [6.45, 7) is 2.35. The van der Waals surface area contributed by atoms with Crippen LogP contribution in [-0.2, 0) is 6.42 Å². The molecule has 2 amide bonds. The second-order valence-electron chi connectivity index (χ2n) is 6.75. The van der Waals surface area contributed by atoms with Crippen LogP contribution in [0.2, 0.25) is 0 Å². The van der Waals surface area contributed by atoms with Gasteiger partial charge in [-0.1, -0.05) is 5.16 Å². The summed E-state index contributed by atoms with van der Waals surface area (Å²) < 4.78 is 5.23. The zero-order valence-electron chi connectivity index (χ0n) is 15.3. The lowest BCUT2D eigenvalue weighted by Crippen LogP contribution is -2.33. The number of H-pyrrole nitrogens is 1. The Morgan fingerprint density at radius 3 is 2.74 bits per heavy atom. The Balaban J connectivity index is 1.29. The van der Waals surface area contributed by atoms with Gasteiger partial charge in [0.2, 0.25) is 5.89 Å². The molecule has 9 heteroatoms. The van der Waals surface area contributed by atoms with Crippen molar-refractivity contribution < 1.29 is 9.32 Å². The number of aromatic nitrogens is 5. The molecule has 1 fully saturated rings. The summed E-state index contributed by atoms with van der Waals surface area (Å²) in [5.41, 5.74) is 1.59.